The summed E-state index contributed by atoms with van der Waals surface area (Å²) < 4.78 is 0. The van der Waals surface area contributed by atoms with Gasteiger partial charge in [0.25, 0.3) is 0 Å². The third-order valence-corrected chi connectivity index (χ3v) is 5.16. The summed E-state index contributed by atoms with van der Waals surface area (Å²) in [6, 6.07) is 9.05. The standard InChI is InChI=1S/C13H21P/c1-4-6-10-14(5-2)13-9-7-8-12(3)11-13/h7-9,11H,4-6,10H2,1-3H3. The Kier molecular flexibility index (Phi) is 5.19. The van der Waals surface area contributed by atoms with Gasteiger partial charge in [-0.05, 0) is 31.0 Å². The van der Waals surface area contributed by atoms with E-state index in [0.29, 0.717) is 0 Å². The Hall–Kier alpha value is -0.350. The molecule has 0 aliphatic carbocycles. The van der Waals surface area contributed by atoms with E-state index in [9.17, 15) is 0 Å². The summed E-state index contributed by atoms with van der Waals surface area (Å²) in [5.74, 6) is 0. The van der Waals surface area contributed by atoms with Crippen LogP contribution in [0.15, 0.2) is 24.3 Å². The molecule has 0 spiro atoms. The Morgan fingerprint density at radius 2 is 2.00 bits per heavy atom. The van der Waals surface area contributed by atoms with E-state index in [2.05, 4.69) is 45.0 Å². The highest BCUT2D eigenvalue weighted by Crippen LogP contribution is 2.34. The van der Waals surface area contributed by atoms with Crippen LogP contribution in [0.5, 0.6) is 0 Å². The molecule has 0 saturated carbocycles. The largest absolute Gasteiger partial charge is 0.0756 e. The van der Waals surface area contributed by atoms with E-state index in [1.54, 1.807) is 5.30 Å². The summed E-state index contributed by atoms with van der Waals surface area (Å²) in [6.45, 7) is 6.79. The quantitative estimate of drug-likeness (QED) is 0.643. The monoisotopic (exact) mass is 208 g/mol. The van der Waals surface area contributed by atoms with Crippen LogP contribution in [-0.4, -0.2) is 12.3 Å². The molecule has 0 aliphatic rings. The van der Waals surface area contributed by atoms with Crippen molar-refractivity contribution in [1.29, 1.82) is 0 Å². The van der Waals surface area contributed by atoms with Gasteiger partial charge in [-0.2, -0.15) is 0 Å². The van der Waals surface area contributed by atoms with Crippen LogP contribution in [0.1, 0.15) is 32.3 Å². The van der Waals surface area contributed by atoms with E-state index < -0.39 is 0 Å². The molecule has 0 bridgehead atoms. The molecule has 0 heterocycles. The average molecular weight is 208 g/mol. The van der Waals surface area contributed by atoms with Gasteiger partial charge in [0, 0.05) is 0 Å². The van der Waals surface area contributed by atoms with Crippen LogP contribution in [-0.2, 0) is 0 Å². The average Bonchev–Trinajstić information content (AvgIpc) is 2.19. The van der Waals surface area contributed by atoms with E-state index in [1.165, 1.54) is 30.7 Å². The minimum absolute atomic E-state index is 0.124. The summed E-state index contributed by atoms with van der Waals surface area (Å²) in [6.07, 6.45) is 5.45. The summed E-state index contributed by atoms with van der Waals surface area (Å²) in [5.41, 5.74) is 1.40. The topological polar surface area (TPSA) is 0 Å². The third-order valence-electron chi connectivity index (χ3n) is 2.53. The van der Waals surface area contributed by atoms with Gasteiger partial charge in [0.1, 0.15) is 0 Å². The Morgan fingerprint density at radius 3 is 2.57 bits per heavy atom. The van der Waals surface area contributed by atoms with Gasteiger partial charge in [0.2, 0.25) is 0 Å². The maximum Gasteiger partial charge on any atom is -0.0238 e. The van der Waals surface area contributed by atoms with Crippen molar-refractivity contribution in [3.63, 3.8) is 0 Å². The van der Waals surface area contributed by atoms with E-state index in [4.69, 9.17) is 0 Å². The fourth-order valence-corrected chi connectivity index (χ4v) is 3.96. The lowest BCUT2D eigenvalue weighted by Gasteiger charge is -2.16. The number of aryl methyl sites for hydroxylation is 1. The lowest BCUT2D eigenvalue weighted by molar-refractivity contribution is 0.891. The zero-order valence-corrected chi connectivity index (χ0v) is 10.5. The molecule has 1 rings (SSSR count). The minimum atomic E-state index is 0.124. The minimum Gasteiger partial charge on any atom is -0.0756 e. The molecular formula is C13H21P. The van der Waals surface area contributed by atoms with Crippen molar-refractivity contribution in [3.05, 3.63) is 29.8 Å². The van der Waals surface area contributed by atoms with Crippen LogP contribution in [0.3, 0.4) is 0 Å². The SMILES string of the molecule is CCCCP(CC)c1cccc(C)c1. The van der Waals surface area contributed by atoms with E-state index in [-0.39, 0.29) is 7.92 Å². The summed E-state index contributed by atoms with van der Waals surface area (Å²) in [7, 11) is 0.124. The molecule has 0 radical (unpaired) electrons. The van der Waals surface area contributed by atoms with Gasteiger partial charge in [-0.1, -0.05) is 58.0 Å². The fraction of sp³-hybridized carbons (Fsp3) is 0.538. The highest BCUT2D eigenvalue weighted by Gasteiger charge is 2.07. The van der Waals surface area contributed by atoms with Crippen molar-refractivity contribution in [2.75, 3.05) is 12.3 Å². The van der Waals surface area contributed by atoms with Crippen molar-refractivity contribution in [1.82, 2.24) is 0 Å². The molecule has 1 unspecified atom stereocenters. The molecule has 0 nitrogen and oxygen atoms in total. The van der Waals surface area contributed by atoms with Crippen LogP contribution < -0.4 is 5.30 Å². The zero-order valence-electron chi connectivity index (χ0n) is 9.59. The lowest BCUT2D eigenvalue weighted by atomic mass is 10.2. The van der Waals surface area contributed by atoms with E-state index >= 15 is 0 Å². The molecule has 78 valence electrons. The van der Waals surface area contributed by atoms with Crippen molar-refractivity contribution < 1.29 is 0 Å². The second-order valence-corrected chi connectivity index (χ2v) is 6.45. The Balaban J connectivity index is 2.68. The summed E-state index contributed by atoms with van der Waals surface area (Å²) in [4.78, 5) is 0. The molecule has 1 heteroatoms. The third kappa shape index (κ3) is 3.42. The van der Waals surface area contributed by atoms with Crippen LogP contribution >= 0.6 is 7.92 Å². The number of hydrogen-bond donors (Lipinski definition) is 0. The van der Waals surface area contributed by atoms with Crippen LogP contribution in [0, 0.1) is 6.92 Å². The molecular weight excluding hydrogens is 187 g/mol. The van der Waals surface area contributed by atoms with Crippen molar-refractivity contribution in [2.24, 2.45) is 0 Å². The van der Waals surface area contributed by atoms with E-state index in [1.807, 2.05) is 0 Å². The molecule has 1 aromatic rings. The second-order valence-electron chi connectivity index (χ2n) is 3.77. The molecule has 0 amide bonds. The zero-order chi connectivity index (χ0) is 10.4. The van der Waals surface area contributed by atoms with Gasteiger partial charge < -0.3 is 0 Å². The van der Waals surface area contributed by atoms with Crippen molar-refractivity contribution in [2.45, 2.75) is 33.6 Å². The molecule has 0 N–H and O–H groups in total. The first-order chi connectivity index (χ1) is 6.77. The Labute approximate surface area is 89.5 Å². The van der Waals surface area contributed by atoms with Crippen LogP contribution in [0.2, 0.25) is 0 Å². The highest BCUT2D eigenvalue weighted by atomic mass is 31.1. The smallest absolute Gasteiger partial charge is 0.0238 e. The number of unbranched alkanes of at least 4 members (excludes halogenated alkanes) is 1. The van der Waals surface area contributed by atoms with E-state index in [0.717, 1.165) is 0 Å². The maximum atomic E-state index is 2.37. The van der Waals surface area contributed by atoms with Crippen LogP contribution in [0.4, 0.5) is 0 Å². The van der Waals surface area contributed by atoms with Gasteiger partial charge in [-0.25, -0.2) is 0 Å². The van der Waals surface area contributed by atoms with Crippen LogP contribution in [0.25, 0.3) is 0 Å². The molecule has 0 aromatic heterocycles. The first-order valence-electron chi connectivity index (χ1n) is 5.59. The first-order valence-corrected chi connectivity index (χ1v) is 7.30. The molecule has 0 saturated heterocycles. The van der Waals surface area contributed by atoms with Gasteiger partial charge in [0.15, 0.2) is 0 Å². The number of benzene rings is 1. The molecule has 14 heavy (non-hydrogen) atoms. The molecule has 0 aliphatic heterocycles. The molecule has 1 atom stereocenters. The summed E-state index contributed by atoms with van der Waals surface area (Å²) in [5, 5.41) is 1.59. The predicted octanol–water partition coefficient (Wildman–Crippen LogP) is 3.92. The van der Waals surface area contributed by atoms with Crippen molar-refractivity contribution >= 4 is 13.2 Å². The molecule has 1 aromatic carbocycles. The predicted molar refractivity (Wildman–Crippen MR) is 68.0 cm³/mol. The fourth-order valence-electron chi connectivity index (χ4n) is 1.64. The first kappa shape index (κ1) is 11.7. The van der Waals surface area contributed by atoms with Crippen molar-refractivity contribution in [3.8, 4) is 0 Å². The summed E-state index contributed by atoms with van der Waals surface area (Å²) >= 11 is 0. The Morgan fingerprint density at radius 1 is 1.21 bits per heavy atom. The second kappa shape index (κ2) is 6.19. The van der Waals surface area contributed by atoms with Gasteiger partial charge in [-0.3, -0.25) is 0 Å². The van der Waals surface area contributed by atoms with Gasteiger partial charge in [-0.15, -0.1) is 0 Å². The number of rotatable bonds is 5. The normalized spacial score (nSPS) is 12.8. The highest BCUT2D eigenvalue weighted by molar-refractivity contribution is 7.65. The number of hydrogen-bond acceptors (Lipinski definition) is 0. The maximum absolute atomic E-state index is 2.37. The lowest BCUT2D eigenvalue weighted by Crippen LogP contribution is -2.05. The van der Waals surface area contributed by atoms with Gasteiger partial charge in [0.05, 0.1) is 0 Å². The van der Waals surface area contributed by atoms with Gasteiger partial charge >= 0.3 is 0 Å². The Bertz CT molecular complexity index is 268. The molecule has 0 fully saturated rings.